The van der Waals surface area contributed by atoms with Crippen molar-refractivity contribution >= 4 is 17.5 Å². The first-order valence-corrected chi connectivity index (χ1v) is 7.89. The molecule has 0 radical (unpaired) electrons. The van der Waals surface area contributed by atoms with E-state index in [0.29, 0.717) is 31.3 Å². The fraction of sp³-hybridized carbons (Fsp3) is 0.278. The second-order valence-electron chi connectivity index (χ2n) is 5.31. The van der Waals surface area contributed by atoms with Crippen LogP contribution in [0.5, 0.6) is 5.75 Å². The summed E-state index contributed by atoms with van der Waals surface area (Å²) < 4.78 is 5.61. The van der Waals surface area contributed by atoms with Crippen LogP contribution < -0.4 is 10.1 Å². The number of carbonyl (C=O) groups is 1. The molecule has 0 spiro atoms. The van der Waals surface area contributed by atoms with Crippen LogP contribution in [-0.2, 0) is 11.3 Å². The largest absolute Gasteiger partial charge is 0.492 e. The smallest absolute Gasteiger partial charge is 0.234 e. The summed E-state index contributed by atoms with van der Waals surface area (Å²) in [5.74, 6) is 0.818. The van der Waals surface area contributed by atoms with Gasteiger partial charge in [-0.05, 0) is 36.9 Å². The maximum absolute atomic E-state index is 11.9. The highest BCUT2D eigenvalue weighted by atomic mass is 35.5. The molecule has 0 heterocycles. The summed E-state index contributed by atoms with van der Waals surface area (Å²) in [6.45, 7) is 2.04. The van der Waals surface area contributed by atoms with Gasteiger partial charge in [0.1, 0.15) is 12.4 Å². The standard InChI is InChI=1S/C18H21ClN2O2/c1-21(10-11-23-17-8-3-2-4-9-17)14-18(22)20-13-15-6-5-7-16(19)12-15/h2-9,12H,10-11,13-14H2,1H3,(H,20,22). The average molecular weight is 333 g/mol. The quantitative estimate of drug-likeness (QED) is 0.808. The van der Waals surface area contributed by atoms with Gasteiger partial charge in [-0.3, -0.25) is 9.69 Å². The molecule has 1 amide bonds. The van der Waals surface area contributed by atoms with Gasteiger partial charge < -0.3 is 10.1 Å². The van der Waals surface area contributed by atoms with Crippen molar-refractivity contribution in [1.29, 1.82) is 0 Å². The highest BCUT2D eigenvalue weighted by molar-refractivity contribution is 6.30. The molecule has 1 N–H and O–H groups in total. The molecule has 0 atom stereocenters. The van der Waals surface area contributed by atoms with Gasteiger partial charge in [-0.25, -0.2) is 0 Å². The van der Waals surface area contributed by atoms with Crippen LogP contribution in [0.15, 0.2) is 54.6 Å². The molecule has 2 aromatic rings. The van der Waals surface area contributed by atoms with Crippen LogP contribution in [0.2, 0.25) is 5.02 Å². The third-order valence-corrected chi connectivity index (χ3v) is 3.51. The van der Waals surface area contributed by atoms with Crippen molar-refractivity contribution in [2.45, 2.75) is 6.54 Å². The minimum Gasteiger partial charge on any atom is -0.492 e. The summed E-state index contributed by atoms with van der Waals surface area (Å²) in [6, 6.07) is 17.1. The second kappa shape index (κ2) is 9.18. The van der Waals surface area contributed by atoms with E-state index in [1.165, 1.54) is 0 Å². The average Bonchev–Trinajstić information content (AvgIpc) is 2.54. The summed E-state index contributed by atoms with van der Waals surface area (Å²) in [5.41, 5.74) is 0.987. The van der Waals surface area contributed by atoms with Crippen LogP contribution in [0.1, 0.15) is 5.56 Å². The van der Waals surface area contributed by atoms with Crippen molar-refractivity contribution in [1.82, 2.24) is 10.2 Å². The Morgan fingerprint density at radius 2 is 1.96 bits per heavy atom. The van der Waals surface area contributed by atoms with E-state index in [9.17, 15) is 4.79 Å². The van der Waals surface area contributed by atoms with E-state index >= 15 is 0 Å². The Labute approximate surface area is 142 Å². The van der Waals surface area contributed by atoms with Crippen LogP contribution in [0, 0.1) is 0 Å². The van der Waals surface area contributed by atoms with E-state index in [1.54, 1.807) is 0 Å². The minimum absolute atomic E-state index is 0.0211. The Balaban J connectivity index is 1.64. The molecule has 4 nitrogen and oxygen atoms in total. The molecule has 0 fully saturated rings. The summed E-state index contributed by atoms with van der Waals surface area (Å²) in [4.78, 5) is 13.8. The zero-order valence-electron chi connectivity index (χ0n) is 13.2. The van der Waals surface area contributed by atoms with E-state index in [2.05, 4.69) is 5.32 Å². The fourth-order valence-corrected chi connectivity index (χ4v) is 2.28. The predicted octanol–water partition coefficient (Wildman–Crippen LogP) is 2.97. The summed E-state index contributed by atoms with van der Waals surface area (Å²) in [7, 11) is 1.90. The molecule has 23 heavy (non-hydrogen) atoms. The van der Waals surface area contributed by atoms with Crippen LogP contribution in [0.4, 0.5) is 0 Å². The maximum Gasteiger partial charge on any atom is 0.234 e. The van der Waals surface area contributed by atoms with Crippen molar-refractivity contribution in [2.75, 3.05) is 26.7 Å². The topological polar surface area (TPSA) is 41.6 Å². The van der Waals surface area contributed by atoms with Crippen molar-refractivity contribution in [3.63, 3.8) is 0 Å². The number of ether oxygens (including phenoxy) is 1. The molecule has 0 bridgehead atoms. The summed E-state index contributed by atoms with van der Waals surface area (Å²) >= 11 is 5.92. The zero-order chi connectivity index (χ0) is 16.5. The molecule has 0 saturated heterocycles. The second-order valence-corrected chi connectivity index (χ2v) is 5.74. The van der Waals surface area contributed by atoms with Gasteiger partial charge in [0.2, 0.25) is 5.91 Å². The molecule has 2 aromatic carbocycles. The van der Waals surface area contributed by atoms with E-state index in [0.717, 1.165) is 11.3 Å². The molecule has 0 saturated carbocycles. The Morgan fingerprint density at radius 3 is 2.70 bits per heavy atom. The molecule has 5 heteroatoms. The number of nitrogens with one attached hydrogen (secondary N) is 1. The van der Waals surface area contributed by atoms with Gasteiger partial charge in [-0.1, -0.05) is 41.9 Å². The number of hydrogen-bond donors (Lipinski definition) is 1. The van der Waals surface area contributed by atoms with Gasteiger partial charge in [0.25, 0.3) is 0 Å². The van der Waals surface area contributed by atoms with Gasteiger partial charge in [-0.15, -0.1) is 0 Å². The van der Waals surface area contributed by atoms with Gasteiger partial charge in [0.15, 0.2) is 0 Å². The van der Waals surface area contributed by atoms with Crippen LogP contribution in [0.3, 0.4) is 0 Å². The summed E-state index contributed by atoms with van der Waals surface area (Å²) in [6.07, 6.45) is 0. The fourth-order valence-electron chi connectivity index (χ4n) is 2.06. The van der Waals surface area contributed by atoms with Crippen molar-refractivity contribution < 1.29 is 9.53 Å². The highest BCUT2D eigenvalue weighted by Crippen LogP contribution is 2.10. The van der Waals surface area contributed by atoms with E-state index in [4.69, 9.17) is 16.3 Å². The Hall–Kier alpha value is -2.04. The first kappa shape index (κ1) is 17.3. The third kappa shape index (κ3) is 6.72. The lowest BCUT2D eigenvalue weighted by Gasteiger charge is -2.16. The molecule has 0 aromatic heterocycles. The first-order chi connectivity index (χ1) is 11.1. The van der Waals surface area contributed by atoms with Gasteiger partial charge in [-0.2, -0.15) is 0 Å². The van der Waals surface area contributed by atoms with Crippen LogP contribution in [-0.4, -0.2) is 37.6 Å². The van der Waals surface area contributed by atoms with Crippen molar-refractivity contribution in [3.05, 3.63) is 65.2 Å². The number of benzene rings is 2. The lowest BCUT2D eigenvalue weighted by molar-refractivity contribution is -0.122. The SMILES string of the molecule is CN(CCOc1ccccc1)CC(=O)NCc1cccc(Cl)c1. The molecule has 0 aliphatic carbocycles. The normalized spacial score (nSPS) is 10.6. The number of hydrogen-bond acceptors (Lipinski definition) is 3. The Kier molecular flexibility index (Phi) is 6.91. The molecule has 0 aliphatic rings. The predicted molar refractivity (Wildman–Crippen MR) is 92.7 cm³/mol. The van der Waals surface area contributed by atoms with E-state index < -0.39 is 0 Å². The molecular formula is C18H21ClN2O2. The maximum atomic E-state index is 11.9. The van der Waals surface area contributed by atoms with E-state index in [1.807, 2.05) is 66.5 Å². The number of amides is 1. The van der Waals surface area contributed by atoms with Gasteiger partial charge >= 0.3 is 0 Å². The Morgan fingerprint density at radius 1 is 1.17 bits per heavy atom. The number of nitrogens with zero attached hydrogens (tertiary/aromatic N) is 1. The van der Waals surface area contributed by atoms with Crippen molar-refractivity contribution in [3.8, 4) is 5.75 Å². The lowest BCUT2D eigenvalue weighted by Crippen LogP contribution is -2.36. The first-order valence-electron chi connectivity index (χ1n) is 7.51. The Bertz CT molecular complexity index is 619. The molecule has 2 rings (SSSR count). The number of para-hydroxylation sites is 1. The zero-order valence-corrected chi connectivity index (χ0v) is 13.9. The van der Waals surface area contributed by atoms with Crippen molar-refractivity contribution in [2.24, 2.45) is 0 Å². The molecular weight excluding hydrogens is 312 g/mol. The lowest BCUT2D eigenvalue weighted by atomic mass is 10.2. The number of halogens is 1. The number of rotatable bonds is 8. The van der Waals surface area contributed by atoms with Crippen LogP contribution >= 0.6 is 11.6 Å². The minimum atomic E-state index is -0.0211. The van der Waals surface area contributed by atoms with Gasteiger partial charge in [0.05, 0.1) is 6.54 Å². The monoisotopic (exact) mass is 332 g/mol. The third-order valence-electron chi connectivity index (χ3n) is 3.28. The molecule has 0 unspecified atom stereocenters. The van der Waals surface area contributed by atoms with Crippen LogP contribution in [0.25, 0.3) is 0 Å². The molecule has 122 valence electrons. The van der Waals surface area contributed by atoms with E-state index in [-0.39, 0.29) is 5.91 Å². The number of carbonyl (C=O) groups excluding carboxylic acids is 1. The van der Waals surface area contributed by atoms with Gasteiger partial charge in [0, 0.05) is 18.1 Å². The number of likely N-dealkylation sites (N-methyl/N-ethyl adjacent to an activating group) is 1. The molecule has 0 aliphatic heterocycles. The summed E-state index contributed by atoms with van der Waals surface area (Å²) in [5, 5.41) is 3.56. The highest BCUT2D eigenvalue weighted by Gasteiger charge is 2.06.